The largest absolute Gasteiger partial charge is 0.392 e. The highest BCUT2D eigenvalue weighted by atomic mass is 16.3. The van der Waals surface area contributed by atoms with Crippen molar-refractivity contribution in [3.05, 3.63) is 47.9 Å². The minimum atomic E-state index is 0.0200. The lowest BCUT2D eigenvalue weighted by molar-refractivity contribution is 0.282. The van der Waals surface area contributed by atoms with E-state index in [9.17, 15) is 5.11 Å². The van der Waals surface area contributed by atoms with Gasteiger partial charge in [0.2, 0.25) is 0 Å². The van der Waals surface area contributed by atoms with Crippen LogP contribution in [-0.4, -0.2) is 15.1 Å². The molecule has 0 saturated heterocycles. The van der Waals surface area contributed by atoms with Gasteiger partial charge in [0.1, 0.15) is 0 Å². The molecule has 0 aliphatic carbocycles. The van der Waals surface area contributed by atoms with E-state index >= 15 is 0 Å². The van der Waals surface area contributed by atoms with Crippen molar-refractivity contribution in [2.24, 2.45) is 0 Å². The van der Waals surface area contributed by atoms with E-state index in [0.717, 1.165) is 22.5 Å². The minimum absolute atomic E-state index is 0.0200. The molecule has 1 N–H and O–H groups in total. The fraction of sp³-hybridized carbons (Fsp3) is 0.167. The summed E-state index contributed by atoms with van der Waals surface area (Å²) in [5.41, 5.74) is 3.53. The van der Waals surface area contributed by atoms with E-state index in [4.69, 9.17) is 0 Å². The van der Waals surface area contributed by atoms with Crippen molar-refractivity contribution in [1.82, 2.24) is 9.97 Å². The molecule has 0 bridgehead atoms. The van der Waals surface area contributed by atoms with Crippen molar-refractivity contribution in [1.29, 1.82) is 0 Å². The summed E-state index contributed by atoms with van der Waals surface area (Å²) in [6.07, 6.45) is 3.33. The molecule has 2 rings (SSSR count). The third-order valence-corrected chi connectivity index (χ3v) is 2.32. The molecule has 0 fully saturated rings. The standard InChI is InChI=1S/C12H12N2O/c1-9-12(14-7-6-13-9)11-5-3-2-4-10(11)8-15/h2-7,15H,8H2,1H3. The lowest BCUT2D eigenvalue weighted by Gasteiger charge is -2.07. The molecule has 0 aliphatic heterocycles. The smallest absolute Gasteiger partial charge is 0.0918 e. The van der Waals surface area contributed by atoms with Crippen LogP contribution >= 0.6 is 0 Å². The first kappa shape index (κ1) is 9.80. The third-order valence-electron chi connectivity index (χ3n) is 2.32. The second-order valence-corrected chi connectivity index (χ2v) is 3.31. The van der Waals surface area contributed by atoms with Gasteiger partial charge in [0.05, 0.1) is 18.0 Å². The van der Waals surface area contributed by atoms with Crippen LogP contribution in [0.2, 0.25) is 0 Å². The van der Waals surface area contributed by atoms with Crippen molar-refractivity contribution >= 4 is 0 Å². The second kappa shape index (κ2) is 4.19. The van der Waals surface area contributed by atoms with Crippen LogP contribution in [0.15, 0.2) is 36.7 Å². The maximum absolute atomic E-state index is 9.22. The van der Waals surface area contributed by atoms with Crippen LogP contribution in [0.4, 0.5) is 0 Å². The van der Waals surface area contributed by atoms with Crippen molar-refractivity contribution < 1.29 is 5.11 Å². The van der Waals surface area contributed by atoms with E-state index in [1.165, 1.54) is 0 Å². The van der Waals surface area contributed by atoms with Gasteiger partial charge in [-0.1, -0.05) is 24.3 Å². The van der Waals surface area contributed by atoms with Gasteiger partial charge in [-0.3, -0.25) is 9.97 Å². The molecule has 0 spiro atoms. The maximum Gasteiger partial charge on any atom is 0.0918 e. The number of aliphatic hydroxyl groups excluding tert-OH is 1. The van der Waals surface area contributed by atoms with Crippen LogP contribution in [0, 0.1) is 6.92 Å². The second-order valence-electron chi connectivity index (χ2n) is 3.31. The predicted octanol–water partition coefficient (Wildman–Crippen LogP) is 1.94. The first-order chi connectivity index (χ1) is 7.33. The number of aromatic nitrogens is 2. The summed E-state index contributed by atoms with van der Waals surface area (Å²) in [5.74, 6) is 0. The predicted molar refractivity (Wildman–Crippen MR) is 58.1 cm³/mol. The molecule has 0 aliphatic rings. The van der Waals surface area contributed by atoms with Gasteiger partial charge >= 0.3 is 0 Å². The van der Waals surface area contributed by atoms with Crippen LogP contribution in [0.1, 0.15) is 11.3 Å². The van der Waals surface area contributed by atoms with Crippen LogP contribution < -0.4 is 0 Å². The van der Waals surface area contributed by atoms with E-state index in [1.807, 2.05) is 31.2 Å². The third kappa shape index (κ3) is 1.87. The Hall–Kier alpha value is -1.74. The van der Waals surface area contributed by atoms with Crippen molar-refractivity contribution in [2.75, 3.05) is 0 Å². The van der Waals surface area contributed by atoms with E-state index in [0.29, 0.717) is 0 Å². The summed E-state index contributed by atoms with van der Waals surface area (Å²) in [5, 5.41) is 9.22. The molecule has 1 aromatic carbocycles. The molecular weight excluding hydrogens is 188 g/mol. The summed E-state index contributed by atoms with van der Waals surface area (Å²) >= 11 is 0. The molecule has 0 atom stereocenters. The Morgan fingerprint density at radius 2 is 1.87 bits per heavy atom. The van der Waals surface area contributed by atoms with E-state index in [2.05, 4.69) is 9.97 Å². The number of aryl methyl sites for hydroxylation is 1. The van der Waals surface area contributed by atoms with E-state index in [-0.39, 0.29) is 6.61 Å². The summed E-state index contributed by atoms with van der Waals surface area (Å²) in [6.45, 7) is 1.93. The van der Waals surface area contributed by atoms with Crippen LogP contribution in [0.5, 0.6) is 0 Å². The quantitative estimate of drug-likeness (QED) is 0.805. The van der Waals surface area contributed by atoms with Crippen LogP contribution in [0.25, 0.3) is 11.3 Å². The topological polar surface area (TPSA) is 46.0 Å². The molecule has 0 saturated carbocycles. The number of hydrogen-bond donors (Lipinski definition) is 1. The Kier molecular flexibility index (Phi) is 2.74. The first-order valence-electron chi connectivity index (χ1n) is 4.79. The van der Waals surface area contributed by atoms with Gasteiger partial charge in [-0.25, -0.2) is 0 Å². The fourth-order valence-electron chi connectivity index (χ4n) is 1.56. The molecule has 76 valence electrons. The number of hydrogen-bond acceptors (Lipinski definition) is 3. The lowest BCUT2D eigenvalue weighted by atomic mass is 10.0. The lowest BCUT2D eigenvalue weighted by Crippen LogP contribution is -1.95. The van der Waals surface area contributed by atoms with Gasteiger partial charge in [0.15, 0.2) is 0 Å². The molecule has 0 amide bonds. The van der Waals surface area contributed by atoms with Gasteiger partial charge in [-0.05, 0) is 12.5 Å². The summed E-state index contributed by atoms with van der Waals surface area (Å²) < 4.78 is 0. The Bertz CT molecular complexity index is 469. The number of aliphatic hydroxyl groups is 1. The molecule has 0 unspecified atom stereocenters. The van der Waals surface area contributed by atoms with E-state index in [1.54, 1.807) is 12.4 Å². The molecule has 1 heterocycles. The highest BCUT2D eigenvalue weighted by Gasteiger charge is 2.07. The summed E-state index contributed by atoms with van der Waals surface area (Å²) in [7, 11) is 0. The first-order valence-corrected chi connectivity index (χ1v) is 4.79. The average Bonchev–Trinajstić information content (AvgIpc) is 2.30. The van der Waals surface area contributed by atoms with Gasteiger partial charge in [-0.15, -0.1) is 0 Å². The van der Waals surface area contributed by atoms with Gasteiger partial charge in [0, 0.05) is 18.0 Å². The average molecular weight is 200 g/mol. The normalized spacial score (nSPS) is 10.3. The number of benzene rings is 1. The molecule has 0 radical (unpaired) electrons. The Balaban J connectivity index is 2.59. The number of rotatable bonds is 2. The molecule has 1 aromatic heterocycles. The van der Waals surface area contributed by atoms with Crippen molar-refractivity contribution in [2.45, 2.75) is 13.5 Å². The van der Waals surface area contributed by atoms with E-state index < -0.39 is 0 Å². The molecule has 15 heavy (non-hydrogen) atoms. The SMILES string of the molecule is Cc1nccnc1-c1ccccc1CO. The van der Waals surface area contributed by atoms with Gasteiger partial charge < -0.3 is 5.11 Å². The molecular formula is C12H12N2O. The van der Waals surface area contributed by atoms with Crippen LogP contribution in [0.3, 0.4) is 0 Å². The summed E-state index contributed by atoms with van der Waals surface area (Å²) in [6, 6.07) is 7.68. The zero-order valence-electron chi connectivity index (χ0n) is 8.51. The Morgan fingerprint density at radius 3 is 2.60 bits per heavy atom. The monoisotopic (exact) mass is 200 g/mol. The molecule has 3 heteroatoms. The zero-order chi connectivity index (χ0) is 10.7. The fourth-order valence-corrected chi connectivity index (χ4v) is 1.56. The summed E-state index contributed by atoms with van der Waals surface area (Å²) in [4.78, 5) is 8.47. The maximum atomic E-state index is 9.22. The Labute approximate surface area is 88.5 Å². The van der Waals surface area contributed by atoms with Crippen molar-refractivity contribution in [3.63, 3.8) is 0 Å². The van der Waals surface area contributed by atoms with Gasteiger partial charge in [0.25, 0.3) is 0 Å². The van der Waals surface area contributed by atoms with Gasteiger partial charge in [-0.2, -0.15) is 0 Å². The Morgan fingerprint density at radius 1 is 1.13 bits per heavy atom. The molecule has 3 nitrogen and oxygen atoms in total. The van der Waals surface area contributed by atoms with Crippen LogP contribution in [-0.2, 0) is 6.61 Å². The van der Waals surface area contributed by atoms with Crippen molar-refractivity contribution in [3.8, 4) is 11.3 Å². The number of nitrogens with zero attached hydrogens (tertiary/aromatic N) is 2. The highest BCUT2D eigenvalue weighted by molar-refractivity contribution is 5.65. The highest BCUT2D eigenvalue weighted by Crippen LogP contribution is 2.23. The minimum Gasteiger partial charge on any atom is -0.392 e. The molecule has 2 aromatic rings. The zero-order valence-corrected chi connectivity index (χ0v) is 8.51.